The van der Waals surface area contributed by atoms with Gasteiger partial charge in [-0.3, -0.25) is 4.79 Å². The summed E-state index contributed by atoms with van der Waals surface area (Å²) >= 11 is 1.11. The SMILES string of the molecule is CCCc1nnsc1C(=O)N[C@H]1c2ccccc2C[C@H]1O. The molecule has 2 aromatic rings. The maximum Gasteiger partial charge on any atom is 0.265 e. The first-order chi connectivity index (χ1) is 10.2. The fourth-order valence-electron chi connectivity index (χ4n) is 2.74. The lowest BCUT2D eigenvalue weighted by Crippen LogP contribution is -2.33. The molecule has 1 aromatic heterocycles. The fourth-order valence-corrected chi connectivity index (χ4v) is 3.35. The van der Waals surface area contributed by atoms with Crippen LogP contribution in [0.5, 0.6) is 0 Å². The molecule has 1 aliphatic carbocycles. The topological polar surface area (TPSA) is 75.1 Å². The number of benzene rings is 1. The Morgan fingerprint density at radius 2 is 2.29 bits per heavy atom. The Hall–Kier alpha value is -1.79. The third-order valence-corrected chi connectivity index (χ3v) is 4.51. The van der Waals surface area contributed by atoms with Gasteiger partial charge >= 0.3 is 0 Å². The second kappa shape index (κ2) is 5.91. The number of rotatable bonds is 4. The second-order valence-corrected chi connectivity index (χ2v) is 5.97. The zero-order valence-corrected chi connectivity index (χ0v) is 12.6. The van der Waals surface area contributed by atoms with Gasteiger partial charge in [0.25, 0.3) is 5.91 Å². The monoisotopic (exact) mass is 303 g/mol. The van der Waals surface area contributed by atoms with E-state index in [4.69, 9.17) is 0 Å². The van der Waals surface area contributed by atoms with E-state index in [2.05, 4.69) is 14.9 Å². The lowest BCUT2D eigenvalue weighted by atomic mass is 10.1. The van der Waals surface area contributed by atoms with Crippen molar-refractivity contribution in [3.05, 3.63) is 46.0 Å². The van der Waals surface area contributed by atoms with Gasteiger partial charge in [-0.15, -0.1) is 5.10 Å². The summed E-state index contributed by atoms with van der Waals surface area (Å²) in [5.41, 5.74) is 2.82. The Kier molecular flexibility index (Phi) is 3.98. The van der Waals surface area contributed by atoms with Crippen LogP contribution in [0, 0.1) is 0 Å². The molecule has 1 aliphatic rings. The van der Waals surface area contributed by atoms with Crippen molar-refractivity contribution in [2.24, 2.45) is 0 Å². The van der Waals surface area contributed by atoms with Gasteiger partial charge in [0.1, 0.15) is 4.88 Å². The second-order valence-electron chi connectivity index (χ2n) is 5.22. The molecule has 3 rings (SSSR count). The first-order valence-corrected chi connectivity index (χ1v) is 7.86. The summed E-state index contributed by atoms with van der Waals surface area (Å²) in [6.45, 7) is 2.04. The number of hydrogen-bond donors (Lipinski definition) is 2. The van der Waals surface area contributed by atoms with Crippen LogP contribution in [0.15, 0.2) is 24.3 Å². The standard InChI is InChI=1S/C15H17N3O2S/c1-2-5-11-14(21-18-17-11)15(20)16-13-10-7-4-3-6-9(10)8-12(13)19/h3-4,6-7,12-13,19H,2,5,8H2,1H3,(H,16,20)/t12-,13+/m1/s1. The number of carbonyl (C=O) groups is 1. The Labute approximate surface area is 127 Å². The number of nitrogens with zero attached hydrogens (tertiary/aromatic N) is 2. The van der Waals surface area contributed by atoms with Crippen LogP contribution in [0.1, 0.15) is 45.9 Å². The maximum atomic E-state index is 12.4. The van der Waals surface area contributed by atoms with Gasteiger partial charge in [-0.25, -0.2) is 0 Å². The number of fused-ring (bicyclic) bond motifs is 1. The van der Waals surface area contributed by atoms with E-state index >= 15 is 0 Å². The molecule has 0 fully saturated rings. The molecule has 6 heteroatoms. The third-order valence-electron chi connectivity index (χ3n) is 3.74. The number of amides is 1. The van der Waals surface area contributed by atoms with E-state index < -0.39 is 6.10 Å². The average molecular weight is 303 g/mol. The lowest BCUT2D eigenvalue weighted by molar-refractivity contribution is 0.0861. The van der Waals surface area contributed by atoms with Gasteiger partial charge in [-0.05, 0) is 29.1 Å². The van der Waals surface area contributed by atoms with E-state index in [0.29, 0.717) is 11.3 Å². The molecule has 0 aliphatic heterocycles. The van der Waals surface area contributed by atoms with Crippen LogP contribution in [-0.4, -0.2) is 26.7 Å². The minimum Gasteiger partial charge on any atom is -0.390 e. The summed E-state index contributed by atoms with van der Waals surface area (Å²) in [6.07, 6.45) is 1.65. The van der Waals surface area contributed by atoms with E-state index in [1.165, 1.54) is 0 Å². The number of aliphatic hydroxyl groups is 1. The van der Waals surface area contributed by atoms with Crippen molar-refractivity contribution in [3.8, 4) is 0 Å². The molecule has 2 atom stereocenters. The van der Waals surface area contributed by atoms with Crippen LogP contribution in [0.2, 0.25) is 0 Å². The molecule has 21 heavy (non-hydrogen) atoms. The molecular weight excluding hydrogens is 286 g/mol. The Bertz CT molecular complexity index is 656. The van der Waals surface area contributed by atoms with Gasteiger partial charge in [0, 0.05) is 6.42 Å². The molecule has 0 bridgehead atoms. The van der Waals surface area contributed by atoms with Crippen molar-refractivity contribution in [3.63, 3.8) is 0 Å². The van der Waals surface area contributed by atoms with Gasteiger partial charge in [0.15, 0.2) is 0 Å². The summed E-state index contributed by atoms with van der Waals surface area (Å²) in [6, 6.07) is 7.45. The van der Waals surface area contributed by atoms with E-state index in [0.717, 1.165) is 41.2 Å². The highest BCUT2D eigenvalue weighted by Crippen LogP contribution is 2.31. The minimum atomic E-state index is -0.582. The van der Waals surface area contributed by atoms with Gasteiger partial charge in [-0.2, -0.15) is 0 Å². The summed E-state index contributed by atoms with van der Waals surface area (Å²) < 4.78 is 3.87. The highest BCUT2D eigenvalue weighted by Gasteiger charge is 2.32. The highest BCUT2D eigenvalue weighted by atomic mass is 32.1. The van der Waals surface area contributed by atoms with Crippen LogP contribution in [-0.2, 0) is 12.8 Å². The zero-order chi connectivity index (χ0) is 14.8. The number of hydrogen-bond acceptors (Lipinski definition) is 5. The molecule has 1 aromatic carbocycles. The van der Waals surface area contributed by atoms with E-state index in [-0.39, 0.29) is 11.9 Å². The molecular formula is C15H17N3O2S. The van der Waals surface area contributed by atoms with Gasteiger partial charge in [0.05, 0.1) is 17.8 Å². The lowest BCUT2D eigenvalue weighted by Gasteiger charge is -2.17. The summed E-state index contributed by atoms with van der Waals surface area (Å²) in [5, 5.41) is 17.1. The average Bonchev–Trinajstić information content (AvgIpc) is 3.05. The highest BCUT2D eigenvalue weighted by molar-refractivity contribution is 7.08. The van der Waals surface area contributed by atoms with Crippen molar-refractivity contribution in [1.82, 2.24) is 14.9 Å². The predicted molar refractivity (Wildman–Crippen MR) is 80.3 cm³/mol. The number of aliphatic hydroxyl groups excluding tert-OH is 1. The molecule has 110 valence electrons. The van der Waals surface area contributed by atoms with Gasteiger partial charge in [-0.1, -0.05) is 42.1 Å². The quantitative estimate of drug-likeness (QED) is 0.904. The van der Waals surface area contributed by atoms with Crippen molar-refractivity contribution in [1.29, 1.82) is 0 Å². The van der Waals surface area contributed by atoms with Gasteiger partial charge in [0.2, 0.25) is 0 Å². The zero-order valence-electron chi connectivity index (χ0n) is 11.7. The molecule has 2 N–H and O–H groups in total. The molecule has 5 nitrogen and oxygen atoms in total. The minimum absolute atomic E-state index is 0.200. The van der Waals surface area contributed by atoms with Crippen LogP contribution >= 0.6 is 11.5 Å². The number of nitrogens with one attached hydrogen (secondary N) is 1. The molecule has 0 unspecified atom stereocenters. The molecule has 1 heterocycles. The maximum absolute atomic E-state index is 12.4. The predicted octanol–water partition coefficient (Wildman–Crippen LogP) is 1.88. The largest absolute Gasteiger partial charge is 0.390 e. The Morgan fingerprint density at radius 1 is 1.48 bits per heavy atom. The van der Waals surface area contributed by atoms with Crippen LogP contribution in [0.25, 0.3) is 0 Å². The van der Waals surface area contributed by atoms with Crippen molar-refractivity contribution >= 4 is 17.4 Å². The summed E-state index contributed by atoms with van der Waals surface area (Å²) in [7, 11) is 0. The van der Waals surface area contributed by atoms with E-state index in [9.17, 15) is 9.90 Å². The normalized spacial score (nSPS) is 20.3. The van der Waals surface area contributed by atoms with Crippen LogP contribution < -0.4 is 5.32 Å². The molecule has 0 saturated carbocycles. The Morgan fingerprint density at radius 3 is 3.10 bits per heavy atom. The first kappa shape index (κ1) is 14.2. The smallest absolute Gasteiger partial charge is 0.265 e. The Balaban J connectivity index is 1.80. The first-order valence-electron chi connectivity index (χ1n) is 7.08. The van der Waals surface area contributed by atoms with Crippen molar-refractivity contribution in [2.45, 2.75) is 38.3 Å². The van der Waals surface area contributed by atoms with Gasteiger partial charge < -0.3 is 10.4 Å². The molecule has 0 spiro atoms. The fraction of sp³-hybridized carbons (Fsp3) is 0.400. The number of carbonyl (C=O) groups excluding carboxylic acids is 1. The van der Waals surface area contributed by atoms with E-state index in [1.807, 2.05) is 31.2 Å². The van der Waals surface area contributed by atoms with Crippen molar-refractivity contribution in [2.75, 3.05) is 0 Å². The summed E-state index contributed by atoms with van der Waals surface area (Å²) in [5.74, 6) is -0.200. The molecule has 1 amide bonds. The molecule has 0 saturated heterocycles. The third kappa shape index (κ3) is 2.69. The number of aryl methyl sites for hydroxylation is 1. The van der Waals surface area contributed by atoms with Crippen molar-refractivity contribution < 1.29 is 9.90 Å². The summed E-state index contributed by atoms with van der Waals surface area (Å²) in [4.78, 5) is 13.0. The number of aromatic nitrogens is 2. The van der Waals surface area contributed by atoms with Crippen LogP contribution in [0.4, 0.5) is 0 Å². The van der Waals surface area contributed by atoms with Crippen LogP contribution in [0.3, 0.4) is 0 Å². The molecule has 0 radical (unpaired) electrons. The van der Waals surface area contributed by atoms with E-state index in [1.54, 1.807) is 0 Å².